The Hall–Kier alpha value is -3.00. The maximum Gasteiger partial charge on any atom is 0.314 e. The Labute approximate surface area is 165 Å². The number of para-hydroxylation sites is 1. The van der Waals surface area contributed by atoms with Gasteiger partial charge in [0.25, 0.3) is 0 Å². The third-order valence-electron chi connectivity index (χ3n) is 4.21. The third kappa shape index (κ3) is 4.12. The molecule has 4 rings (SSSR count). The van der Waals surface area contributed by atoms with Crippen molar-refractivity contribution in [2.24, 2.45) is 16.1 Å². The lowest BCUT2D eigenvalue weighted by atomic mass is 10.2. The van der Waals surface area contributed by atoms with Gasteiger partial charge < -0.3 is 4.74 Å². The molecule has 0 spiro atoms. The first kappa shape index (κ1) is 18.4. The first-order valence-electron chi connectivity index (χ1n) is 8.75. The van der Waals surface area contributed by atoms with Gasteiger partial charge in [-0.2, -0.15) is 5.10 Å². The minimum absolute atomic E-state index is 0.00837. The Morgan fingerprint density at radius 3 is 2.82 bits per heavy atom. The van der Waals surface area contributed by atoms with Crippen LogP contribution in [-0.4, -0.2) is 29.0 Å². The summed E-state index contributed by atoms with van der Waals surface area (Å²) in [6, 6.07) is 12.8. The largest absolute Gasteiger partial charge is 0.426 e. The van der Waals surface area contributed by atoms with Gasteiger partial charge in [-0.3, -0.25) is 14.5 Å². The van der Waals surface area contributed by atoms with Gasteiger partial charge in [0.15, 0.2) is 5.17 Å². The minimum atomic E-state index is -0.434. The zero-order chi connectivity index (χ0) is 19.5. The summed E-state index contributed by atoms with van der Waals surface area (Å²) in [4.78, 5) is 25.4. The summed E-state index contributed by atoms with van der Waals surface area (Å²) < 4.78 is 18.9. The molecule has 0 N–H and O–H groups in total. The highest BCUT2D eigenvalue weighted by Gasteiger charge is 2.32. The molecule has 2 aromatic rings. The van der Waals surface area contributed by atoms with Crippen molar-refractivity contribution >= 4 is 40.7 Å². The Bertz CT molecular complexity index is 988. The van der Waals surface area contributed by atoms with E-state index in [0.717, 1.165) is 12.8 Å². The van der Waals surface area contributed by atoms with E-state index < -0.39 is 5.82 Å². The topological polar surface area (TPSA) is 71.3 Å². The second-order valence-corrected chi connectivity index (χ2v) is 7.30. The van der Waals surface area contributed by atoms with E-state index in [1.54, 1.807) is 30.3 Å². The fourth-order valence-corrected chi connectivity index (χ4v) is 3.46. The molecule has 0 unspecified atom stereocenters. The van der Waals surface area contributed by atoms with Crippen LogP contribution in [0, 0.1) is 11.7 Å². The normalized spacial score (nSPS) is 18.2. The van der Waals surface area contributed by atoms with Crippen LogP contribution in [0.2, 0.25) is 0 Å². The quantitative estimate of drug-likeness (QED) is 0.334. The van der Waals surface area contributed by atoms with Gasteiger partial charge in [0.1, 0.15) is 11.6 Å². The Kier molecular flexibility index (Phi) is 5.21. The zero-order valence-corrected chi connectivity index (χ0v) is 15.6. The predicted molar refractivity (Wildman–Crippen MR) is 106 cm³/mol. The van der Waals surface area contributed by atoms with Crippen molar-refractivity contribution in [2.45, 2.75) is 12.8 Å². The van der Waals surface area contributed by atoms with E-state index in [9.17, 15) is 14.0 Å². The number of amides is 1. The average Bonchev–Trinajstić information content (AvgIpc) is 3.47. The molecular weight excluding hydrogens is 381 g/mol. The van der Waals surface area contributed by atoms with Gasteiger partial charge in [-0.1, -0.05) is 30.0 Å². The lowest BCUT2D eigenvalue weighted by molar-refractivity contribution is -0.135. The lowest BCUT2D eigenvalue weighted by Gasteiger charge is -2.14. The number of thioether (sulfide) groups is 1. The molecule has 2 aromatic carbocycles. The molecule has 1 heterocycles. The van der Waals surface area contributed by atoms with Crippen molar-refractivity contribution in [1.29, 1.82) is 0 Å². The smallest absolute Gasteiger partial charge is 0.314 e. The third-order valence-corrected chi connectivity index (χ3v) is 5.13. The van der Waals surface area contributed by atoms with Crippen molar-refractivity contribution in [3.05, 3.63) is 59.9 Å². The van der Waals surface area contributed by atoms with Crippen LogP contribution in [0.3, 0.4) is 0 Å². The van der Waals surface area contributed by atoms with E-state index in [0.29, 0.717) is 22.2 Å². The molecule has 1 saturated heterocycles. The molecular formula is C20H16FN3O3S. The highest BCUT2D eigenvalue weighted by Crippen LogP contribution is 2.31. The van der Waals surface area contributed by atoms with Gasteiger partial charge in [0.2, 0.25) is 5.91 Å². The summed E-state index contributed by atoms with van der Waals surface area (Å²) in [6.07, 6.45) is 3.20. The van der Waals surface area contributed by atoms with Crippen LogP contribution in [0.15, 0.2) is 58.7 Å². The molecule has 0 aromatic heterocycles. The van der Waals surface area contributed by atoms with Crippen LogP contribution < -0.4 is 9.64 Å². The second kappa shape index (κ2) is 7.93. The van der Waals surface area contributed by atoms with Crippen molar-refractivity contribution in [1.82, 2.24) is 0 Å². The number of carbonyl (C=O) groups excluding carboxylic acids is 2. The fraction of sp³-hybridized carbons (Fsp3) is 0.200. The number of amidine groups is 1. The molecule has 2 aliphatic rings. The van der Waals surface area contributed by atoms with Crippen LogP contribution in [-0.2, 0) is 9.59 Å². The molecule has 0 radical (unpaired) electrons. The minimum Gasteiger partial charge on any atom is -0.426 e. The van der Waals surface area contributed by atoms with E-state index in [-0.39, 0.29) is 23.5 Å². The van der Waals surface area contributed by atoms with E-state index in [4.69, 9.17) is 4.74 Å². The van der Waals surface area contributed by atoms with E-state index >= 15 is 0 Å². The van der Waals surface area contributed by atoms with Gasteiger partial charge >= 0.3 is 5.97 Å². The van der Waals surface area contributed by atoms with Gasteiger partial charge in [-0.05, 0) is 43.2 Å². The maximum absolute atomic E-state index is 13.5. The number of anilines is 1. The molecule has 142 valence electrons. The first-order valence-corrected chi connectivity index (χ1v) is 9.73. The molecule has 0 bridgehead atoms. The molecule has 0 atom stereocenters. The second-order valence-electron chi connectivity index (χ2n) is 6.36. The first-order chi connectivity index (χ1) is 13.6. The molecule has 2 fully saturated rings. The van der Waals surface area contributed by atoms with Crippen molar-refractivity contribution in [3.63, 3.8) is 0 Å². The molecule has 1 aliphatic heterocycles. The fourth-order valence-electron chi connectivity index (χ4n) is 2.64. The summed E-state index contributed by atoms with van der Waals surface area (Å²) >= 11 is 1.23. The summed E-state index contributed by atoms with van der Waals surface area (Å²) in [5, 5.41) is 8.52. The highest BCUT2D eigenvalue weighted by molar-refractivity contribution is 8.15. The van der Waals surface area contributed by atoms with E-state index in [1.165, 1.54) is 41.1 Å². The number of hydrogen-bond donors (Lipinski definition) is 0. The van der Waals surface area contributed by atoms with Crippen LogP contribution in [0.5, 0.6) is 5.75 Å². The number of ether oxygens (including phenoxy) is 1. The summed E-state index contributed by atoms with van der Waals surface area (Å²) in [6.45, 7) is 0. The van der Waals surface area contributed by atoms with Crippen molar-refractivity contribution < 1.29 is 18.7 Å². The number of halogens is 1. The monoisotopic (exact) mass is 397 g/mol. The van der Waals surface area contributed by atoms with Gasteiger partial charge in [0.05, 0.1) is 23.6 Å². The molecule has 28 heavy (non-hydrogen) atoms. The van der Waals surface area contributed by atoms with Crippen LogP contribution in [0.1, 0.15) is 18.4 Å². The number of rotatable bonds is 5. The standard InChI is InChI=1S/C20H16FN3O3S/c21-15-5-3-6-16(10-15)24-18(25)12-28-20(24)23-22-11-14-4-1-2-7-17(14)27-19(26)13-8-9-13/h1-7,10-11,13H,8-9,12H2/b22-11-,23-20+. The number of nitrogens with zero attached hydrogens (tertiary/aromatic N) is 3. The van der Waals surface area contributed by atoms with Gasteiger partial charge in [-0.15, -0.1) is 5.10 Å². The number of benzene rings is 2. The van der Waals surface area contributed by atoms with Crippen LogP contribution >= 0.6 is 11.8 Å². The van der Waals surface area contributed by atoms with Crippen molar-refractivity contribution in [3.8, 4) is 5.75 Å². The lowest BCUT2D eigenvalue weighted by Crippen LogP contribution is -2.29. The molecule has 8 heteroatoms. The Balaban J connectivity index is 1.54. The van der Waals surface area contributed by atoms with Gasteiger partial charge in [0, 0.05) is 5.56 Å². The highest BCUT2D eigenvalue weighted by atomic mass is 32.2. The van der Waals surface area contributed by atoms with E-state index in [1.807, 2.05) is 0 Å². The van der Waals surface area contributed by atoms with Crippen LogP contribution in [0.25, 0.3) is 0 Å². The molecule has 6 nitrogen and oxygen atoms in total. The Morgan fingerprint density at radius 1 is 1.21 bits per heavy atom. The Morgan fingerprint density at radius 2 is 2.04 bits per heavy atom. The maximum atomic E-state index is 13.5. The predicted octanol–water partition coefficient (Wildman–Crippen LogP) is 3.61. The average molecular weight is 397 g/mol. The molecule has 1 saturated carbocycles. The number of esters is 1. The van der Waals surface area contributed by atoms with Crippen molar-refractivity contribution in [2.75, 3.05) is 10.7 Å². The summed E-state index contributed by atoms with van der Waals surface area (Å²) in [5.41, 5.74) is 1.01. The van der Waals surface area contributed by atoms with Gasteiger partial charge in [-0.25, -0.2) is 4.39 Å². The number of hydrogen-bond acceptors (Lipinski definition) is 6. The van der Waals surface area contributed by atoms with Crippen LogP contribution in [0.4, 0.5) is 10.1 Å². The van der Waals surface area contributed by atoms with E-state index in [2.05, 4.69) is 10.2 Å². The number of carbonyl (C=O) groups is 2. The zero-order valence-electron chi connectivity index (χ0n) is 14.7. The molecule has 1 aliphatic carbocycles. The SMILES string of the molecule is O=C(Oc1ccccc1/C=N\N=C1\SCC(=O)N1c1cccc(F)c1)C1CC1. The summed E-state index contributed by atoms with van der Waals surface area (Å²) in [5.74, 6) is -0.243. The summed E-state index contributed by atoms with van der Waals surface area (Å²) in [7, 11) is 0. The molecule has 1 amide bonds.